The summed E-state index contributed by atoms with van der Waals surface area (Å²) in [7, 11) is 0. The minimum absolute atomic E-state index is 0.0356. The number of benzene rings is 1. The number of amides is 2. The van der Waals surface area contributed by atoms with Crippen LogP contribution in [0.25, 0.3) is 0 Å². The Hall–Kier alpha value is -1.92. The van der Waals surface area contributed by atoms with Crippen molar-refractivity contribution in [3.63, 3.8) is 0 Å². The molecule has 1 aromatic carbocycles. The van der Waals surface area contributed by atoms with Gasteiger partial charge in [-0.25, -0.2) is 0 Å². The van der Waals surface area contributed by atoms with Gasteiger partial charge in [0.05, 0.1) is 12.7 Å². The summed E-state index contributed by atoms with van der Waals surface area (Å²) < 4.78 is 5.84. The third kappa shape index (κ3) is 5.94. The number of nitrogens with one attached hydrogen (secondary N) is 2. The van der Waals surface area contributed by atoms with E-state index < -0.39 is 11.8 Å². The van der Waals surface area contributed by atoms with Gasteiger partial charge in [-0.2, -0.15) is 0 Å². The molecular weight excluding hydrogens is 306 g/mol. The molecule has 24 heavy (non-hydrogen) atoms. The first-order chi connectivity index (χ1) is 11.6. The van der Waals surface area contributed by atoms with Gasteiger partial charge in [-0.3, -0.25) is 14.5 Å². The van der Waals surface area contributed by atoms with Crippen LogP contribution in [0.15, 0.2) is 30.3 Å². The lowest BCUT2D eigenvalue weighted by molar-refractivity contribution is -0.139. The molecule has 0 saturated carbocycles. The van der Waals surface area contributed by atoms with Gasteiger partial charge < -0.3 is 15.4 Å². The van der Waals surface area contributed by atoms with Gasteiger partial charge in [0.25, 0.3) is 0 Å². The first-order valence-corrected chi connectivity index (χ1v) is 8.54. The predicted molar refractivity (Wildman–Crippen MR) is 92.5 cm³/mol. The summed E-state index contributed by atoms with van der Waals surface area (Å²) >= 11 is 0. The maximum Gasteiger partial charge on any atom is 0.309 e. The molecule has 6 nitrogen and oxygen atoms in total. The molecule has 1 atom stereocenters. The first-order valence-electron chi connectivity index (χ1n) is 8.54. The average molecular weight is 333 g/mol. The SMILES string of the molecule is CC(C)NC(=O)C(=O)NCCCN1CCO[C@H](c2ccccc2)C1. The van der Waals surface area contributed by atoms with Gasteiger partial charge in [0.15, 0.2) is 0 Å². The number of carbonyl (C=O) groups is 2. The highest BCUT2D eigenvalue weighted by molar-refractivity contribution is 6.35. The van der Waals surface area contributed by atoms with E-state index in [-0.39, 0.29) is 12.1 Å². The molecule has 1 heterocycles. The van der Waals surface area contributed by atoms with Crippen LogP contribution in [-0.2, 0) is 14.3 Å². The van der Waals surface area contributed by atoms with Gasteiger partial charge in [-0.1, -0.05) is 30.3 Å². The molecule has 0 spiro atoms. The van der Waals surface area contributed by atoms with Crippen LogP contribution in [0.1, 0.15) is 31.9 Å². The Morgan fingerprint density at radius 2 is 2.00 bits per heavy atom. The molecule has 2 amide bonds. The number of rotatable bonds is 6. The number of hydrogen-bond donors (Lipinski definition) is 2. The molecule has 0 aromatic heterocycles. The van der Waals surface area contributed by atoms with Crippen LogP contribution in [0, 0.1) is 0 Å². The maximum absolute atomic E-state index is 11.6. The molecule has 2 rings (SSSR count). The van der Waals surface area contributed by atoms with E-state index in [4.69, 9.17) is 4.74 Å². The second-order valence-electron chi connectivity index (χ2n) is 6.31. The second kappa shape index (κ2) is 9.39. The van der Waals surface area contributed by atoms with Crippen molar-refractivity contribution in [1.82, 2.24) is 15.5 Å². The third-order valence-corrected chi connectivity index (χ3v) is 3.88. The molecule has 0 aliphatic carbocycles. The number of morpholine rings is 1. The third-order valence-electron chi connectivity index (χ3n) is 3.88. The zero-order valence-electron chi connectivity index (χ0n) is 14.5. The van der Waals surface area contributed by atoms with Crippen molar-refractivity contribution in [3.8, 4) is 0 Å². The molecule has 2 N–H and O–H groups in total. The highest BCUT2D eigenvalue weighted by Crippen LogP contribution is 2.21. The Morgan fingerprint density at radius 1 is 1.25 bits per heavy atom. The van der Waals surface area contributed by atoms with Crippen molar-refractivity contribution >= 4 is 11.8 Å². The van der Waals surface area contributed by atoms with Gasteiger partial charge in [0, 0.05) is 32.2 Å². The Bertz CT molecular complexity index is 534. The maximum atomic E-state index is 11.6. The highest BCUT2D eigenvalue weighted by atomic mass is 16.5. The molecule has 0 unspecified atom stereocenters. The Balaban J connectivity index is 1.67. The van der Waals surface area contributed by atoms with Crippen LogP contribution in [0.2, 0.25) is 0 Å². The van der Waals surface area contributed by atoms with E-state index in [0.717, 1.165) is 26.1 Å². The van der Waals surface area contributed by atoms with Crippen LogP contribution < -0.4 is 10.6 Å². The summed E-state index contributed by atoms with van der Waals surface area (Å²) in [6, 6.07) is 10.2. The number of ether oxygens (including phenoxy) is 1. The Kier molecular flexibility index (Phi) is 7.21. The minimum Gasteiger partial charge on any atom is -0.371 e. The van der Waals surface area contributed by atoms with Crippen molar-refractivity contribution in [3.05, 3.63) is 35.9 Å². The molecule has 132 valence electrons. The molecule has 1 aromatic rings. The summed E-state index contributed by atoms with van der Waals surface area (Å²) in [4.78, 5) is 25.4. The van der Waals surface area contributed by atoms with Gasteiger partial charge in [0.1, 0.15) is 0 Å². The number of hydrogen-bond acceptors (Lipinski definition) is 4. The highest BCUT2D eigenvalue weighted by Gasteiger charge is 2.21. The normalized spacial score (nSPS) is 18.4. The van der Waals surface area contributed by atoms with E-state index in [2.05, 4.69) is 27.7 Å². The monoisotopic (exact) mass is 333 g/mol. The summed E-state index contributed by atoms with van der Waals surface area (Å²) in [5.74, 6) is -1.13. The van der Waals surface area contributed by atoms with E-state index in [9.17, 15) is 9.59 Å². The van der Waals surface area contributed by atoms with E-state index in [1.165, 1.54) is 5.56 Å². The van der Waals surface area contributed by atoms with Crippen LogP contribution >= 0.6 is 0 Å². The molecule has 1 saturated heterocycles. The van der Waals surface area contributed by atoms with E-state index >= 15 is 0 Å². The Labute approximate surface area is 143 Å². The molecule has 6 heteroatoms. The molecule has 1 aliphatic heterocycles. The fourth-order valence-corrected chi connectivity index (χ4v) is 2.69. The lowest BCUT2D eigenvalue weighted by Crippen LogP contribution is -2.44. The molecular formula is C18H27N3O3. The quantitative estimate of drug-likeness (QED) is 0.604. The first kappa shape index (κ1) is 18.4. The van der Waals surface area contributed by atoms with Crippen LogP contribution in [0.5, 0.6) is 0 Å². The standard InChI is InChI=1S/C18H27N3O3/c1-14(2)20-18(23)17(22)19-9-6-10-21-11-12-24-16(13-21)15-7-4-3-5-8-15/h3-5,7-8,14,16H,6,9-13H2,1-2H3,(H,19,22)(H,20,23)/t16-/m0/s1. The smallest absolute Gasteiger partial charge is 0.309 e. The van der Waals surface area contributed by atoms with Crippen molar-refractivity contribution in [1.29, 1.82) is 0 Å². The van der Waals surface area contributed by atoms with Crippen molar-refractivity contribution in [2.45, 2.75) is 32.4 Å². The van der Waals surface area contributed by atoms with Gasteiger partial charge in [-0.05, 0) is 25.8 Å². The topological polar surface area (TPSA) is 70.7 Å². The van der Waals surface area contributed by atoms with Crippen molar-refractivity contribution in [2.75, 3.05) is 32.8 Å². The second-order valence-corrected chi connectivity index (χ2v) is 6.31. The van der Waals surface area contributed by atoms with Gasteiger partial charge >= 0.3 is 11.8 Å². The summed E-state index contributed by atoms with van der Waals surface area (Å²) in [5, 5.41) is 5.24. The summed E-state index contributed by atoms with van der Waals surface area (Å²) in [6.45, 7) is 7.48. The van der Waals surface area contributed by atoms with Crippen molar-refractivity contribution in [2.24, 2.45) is 0 Å². The Morgan fingerprint density at radius 3 is 2.71 bits per heavy atom. The average Bonchev–Trinajstić information content (AvgIpc) is 2.59. The fourth-order valence-electron chi connectivity index (χ4n) is 2.69. The van der Waals surface area contributed by atoms with Gasteiger partial charge in [-0.15, -0.1) is 0 Å². The molecule has 0 radical (unpaired) electrons. The van der Waals surface area contributed by atoms with Gasteiger partial charge in [0.2, 0.25) is 0 Å². The van der Waals surface area contributed by atoms with Crippen LogP contribution in [0.4, 0.5) is 0 Å². The van der Waals surface area contributed by atoms with E-state index in [0.29, 0.717) is 13.2 Å². The molecule has 1 fully saturated rings. The van der Waals surface area contributed by atoms with Crippen LogP contribution in [-0.4, -0.2) is 55.5 Å². The number of nitrogens with zero attached hydrogens (tertiary/aromatic N) is 1. The lowest BCUT2D eigenvalue weighted by Gasteiger charge is -2.33. The van der Waals surface area contributed by atoms with E-state index in [1.807, 2.05) is 32.0 Å². The molecule has 1 aliphatic rings. The fraction of sp³-hybridized carbons (Fsp3) is 0.556. The van der Waals surface area contributed by atoms with Crippen LogP contribution in [0.3, 0.4) is 0 Å². The zero-order chi connectivity index (χ0) is 17.4. The van der Waals surface area contributed by atoms with E-state index in [1.54, 1.807) is 0 Å². The molecule has 0 bridgehead atoms. The summed E-state index contributed by atoms with van der Waals surface area (Å²) in [5.41, 5.74) is 1.20. The lowest BCUT2D eigenvalue weighted by atomic mass is 10.1. The largest absolute Gasteiger partial charge is 0.371 e. The number of carbonyl (C=O) groups excluding carboxylic acids is 2. The van der Waals surface area contributed by atoms with Crippen molar-refractivity contribution < 1.29 is 14.3 Å². The zero-order valence-corrected chi connectivity index (χ0v) is 14.5. The predicted octanol–water partition coefficient (Wildman–Crippen LogP) is 1.09. The minimum atomic E-state index is -0.569. The summed E-state index contributed by atoms with van der Waals surface area (Å²) in [6.07, 6.45) is 0.911.